The number of amides is 1. The second-order valence-electron chi connectivity index (χ2n) is 5.54. The fourth-order valence-corrected chi connectivity index (χ4v) is 3.65. The summed E-state index contributed by atoms with van der Waals surface area (Å²) in [5.74, 6) is 0.336. The summed E-state index contributed by atoms with van der Waals surface area (Å²) in [4.78, 5) is 24.7. The van der Waals surface area contributed by atoms with E-state index in [9.17, 15) is 9.59 Å². The van der Waals surface area contributed by atoms with Crippen molar-refractivity contribution in [2.75, 3.05) is 25.6 Å². The van der Waals surface area contributed by atoms with Gasteiger partial charge in [-0.15, -0.1) is 11.3 Å². The van der Waals surface area contributed by atoms with Gasteiger partial charge in [-0.3, -0.25) is 4.79 Å². The van der Waals surface area contributed by atoms with Gasteiger partial charge in [0.15, 0.2) is 6.61 Å². The van der Waals surface area contributed by atoms with Gasteiger partial charge < -0.3 is 19.5 Å². The summed E-state index contributed by atoms with van der Waals surface area (Å²) in [5.41, 5.74) is 0.368. The van der Waals surface area contributed by atoms with E-state index in [4.69, 9.17) is 14.2 Å². The number of fused-ring (bicyclic) bond motifs is 1. The van der Waals surface area contributed by atoms with Crippen LogP contribution in [0.15, 0.2) is 48.5 Å². The first-order valence-electron chi connectivity index (χ1n) is 8.37. The molecule has 0 atom stereocenters. The first-order chi connectivity index (χ1) is 13.1. The molecule has 3 aromatic rings. The Balaban J connectivity index is 1.76. The Bertz CT molecular complexity index is 966. The predicted molar refractivity (Wildman–Crippen MR) is 105 cm³/mol. The van der Waals surface area contributed by atoms with Crippen LogP contribution in [-0.2, 0) is 9.53 Å². The molecule has 0 unspecified atom stereocenters. The van der Waals surface area contributed by atoms with Crippen molar-refractivity contribution in [1.82, 2.24) is 0 Å². The van der Waals surface area contributed by atoms with Gasteiger partial charge in [-0.1, -0.05) is 24.3 Å². The van der Waals surface area contributed by atoms with Gasteiger partial charge in [0.1, 0.15) is 22.1 Å². The summed E-state index contributed by atoms with van der Waals surface area (Å²) in [6.07, 6.45) is 0. The monoisotopic (exact) mass is 385 g/mol. The smallest absolute Gasteiger partial charge is 0.341 e. The zero-order valence-electron chi connectivity index (χ0n) is 15.0. The molecule has 0 saturated carbocycles. The van der Waals surface area contributed by atoms with Crippen molar-refractivity contribution in [3.8, 4) is 11.5 Å². The molecule has 0 saturated heterocycles. The second-order valence-corrected chi connectivity index (χ2v) is 6.59. The molecule has 1 heterocycles. The molecule has 7 heteroatoms. The number of methoxy groups -OCH3 is 1. The molecule has 3 rings (SSSR count). The fourth-order valence-electron chi connectivity index (χ4n) is 2.54. The van der Waals surface area contributed by atoms with Crippen LogP contribution in [0.4, 0.5) is 5.00 Å². The lowest BCUT2D eigenvalue weighted by Crippen LogP contribution is -2.21. The average molecular weight is 385 g/mol. The van der Waals surface area contributed by atoms with Crippen LogP contribution in [0.5, 0.6) is 11.5 Å². The lowest BCUT2D eigenvalue weighted by atomic mass is 10.1. The molecule has 0 radical (unpaired) electrons. The number of carbonyl (C=O) groups excluding carboxylic acids is 2. The Morgan fingerprint density at radius 2 is 1.85 bits per heavy atom. The van der Waals surface area contributed by atoms with Gasteiger partial charge in [0.25, 0.3) is 5.91 Å². The van der Waals surface area contributed by atoms with E-state index >= 15 is 0 Å². The topological polar surface area (TPSA) is 73.9 Å². The third-order valence-corrected chi connectivity index (χ3v) is 4.83. The molecule has 0 aliphatic heterocycles. The fraction of sp³-hybridized carbons (Fsp3) is 0.200. The maximum Gasteiger partial charge on any atom is 0.341 e. The number of ether oxygens (including phenoxy) is 3. The number of anilines is 1. The molecule has 1 aromatic heterocycles. The highest BCUT2D eigenvalue weighted by Crippen LogP contribution is 2.36. The van der Waals surface area contributed by atoms with Gasteiger partial charge in [0, 0.05) is 16.2 Å². The summed E-state index contributed by atoms with van der Waals surface area (Å²) >= 11 is 1.33. The third-order valence-electron chi connectivity index (χ3n) is 3.74. The number of thiophene rings is 1. The number of carbonyl (C=O) groups is 2. The molecule has 2 aromatic carbocycles. The standard InChI is InChI=1S/C20H19NO5S/c1-3-25-20(23)18-15-9-4-5-10-16(15)27-19(18)21-17(22)12-26-14-8-6-7-13(11-14)24-2/h4-11H,3,12H2,1-2H3,(H,21,22). The maximum atomic E-state index is 12.4. The minimum Gasteiger partial charge on any atom is -0.497 e. The Labute approximate surface area is 160 Å². The molecule has 1 amide bonds. The minimum absolute atomic E-state index is 0.191. The minimum atomic E-state index is -0.459. The Morgan fingerprint density at radius 3 is 2.63 bits per heavy atom. The van der Waals surface area contributed by atoms with E-state index in [-0.39, 0.29) is 19.1 Å². The molecular weight excluding hydrogens is 366 g/mol. The van der Waals surface area contributed by atoms with Crippen molar-refractivity contribution in [3.05, 3.63) is 54.1 Å². The Hall–Kier alpha value is -3.06. The lowest BCUT2D eigenvalue weighted by molar-refractivity contribution is -0.118. The number of rotatable bonds is 7. The number of hydrogen-bond donors (Lipinski definition) is 1. The van der Waals surface area contributed by atoms with Gasteiger partial charge in [-0.05, 0) is 25.1 Å². The highest BCUT2D eigenvalue weighted by Gasteiger charge is 2.21. The molecule has 1 N–H and O–H groups in total. The van der Waals surface area contributed by atoms with Crippen molar-refractivity contribution < 1.29 is 23.8 Å². The Morgan fingerprint density at radius 1 is 1.07 bits per heavy atom. The molecular formula is C20H19NO5S. The number of esters is 1. The molecule has 27 heavy (non-hydrogen) atoms. The summed E-state index contributed by atoms with van der Waals surface area (Å²) in [6.45, 7) is 1.81. The van der Waals surface area contributed by atoms with E-state index in [0.29, 0.717) is 22.1 Å². The highest BCUT2D eigenvalue weighted by molar-refractivity contribution is 7.23. The van der Waals surface area contributed by atoms with Crippen molar-refractivity contribution in [3.63, 3.8) is 0 Å². The van der Waals surface area contributed by atoms with Crippen LogP contribution in [0.3, 0.4) is 0 Å². The van der Waals surface area contributed by atoms with Gasteiger partial charge in [0.2, 0.25) is 0 Å². The van der Waals surface area contributed by atoms with E-state index in [2.05, 4.69) is 5.32 Å². The normalized spacial score (nSPS) is 10.4. The molecule has 0 aliphatic carbocycles. The summed E-state index contributed by atoms with van der Waals surface area (Å²) in [6, 6.07) is 14.4. The van der Waals surface area contributed by atoms with Crippen molar-refractivity contribution in [2.45, 2.75) is 6.92 Å². The molecule has 0 spiro atoms. The second kappa shape index (κ2) is 8.55. The van der Waals surface area contributed by atoms with Crippen LogP contribution in [-0.4, -0.2) is 32.2 Å². The molecule has 6 nitrogen and oxygen atoms in total. The predicted octanol–water partition coefficient (Wildman–Crippen LogP) is 4.10. The lowest BCUT2D eigenvalue weighted by Gasteiger charge is -2.09. The molecule has 140 valence electrons. The van der Waals surface area contributed by atoms with Crippen molar-refractivity contribution in [1.29, 1.82) is 0 Å². The number of hydrogen-bond acceptors (Lipinski definition) is 6. The van der Waals surface area contributed by atoms with Crippen LogP contribution in [0.2, 0.25) is 0 Å². The molecule has 0 bridgehead atoms. The van der Waals surface area contributed by atoms with Crippen LogP contribution >= 0.6 is 11.3 Å². The summed E-state index contributed by atoms with van der Waals surface area (Å²) in [7, 11) is 1.56. The van der Waals surface area contributed by atoms with E-state index in [0.717, 1.165) is 10.1 Å². The highest BCUT2D eigenvalue weighted by atomic mass is 32.1. The van der Waals surface area contributed by atoms with Gasteiger partial charge in [0.05, 0.1) is 13.7 Å². The summed E-state index contributed by atoms with van der Waals surface area (Å²) in [5, 5.41) is 3.97. The zero-order valence-corrected chi connectivity index (χ0v) is 15.8. The first-order valence-corrected chi connectivity index (χ1v) is 9.19. The Kier molecular flexibility index (Phi) is 5.93. The zero-order chi connectivity index (χ0) is 19.2. The van der Waals surface area contributed by atoms with E-state index in [1.54, 1.807) is 38.3 Å². The quantitative estimate of drug-likeness (QED) is 0.620. The largest absolute Gasteiger partial charge is 0.497 e. The summed E-state index contributed by atoms with van der Waals surface area (Å²) < 4.78 is 16.7. The van der Waals surface area contributed by atoms with Crippen LogP contribution in [0.1, 0.15) is 17.3 Å². The maximum absolute atomic E-state index is 12.4. The van der Waals surface area contributed by atoms with Crippen molar-refractivity contribution >= 4 is 38.3 Å². The van der Waals surface area contributed by atoms with Crippen LogP contribution in [0.25, 0.3) is 10.1 Å². The van der Waals surface area contributed by atoms with Gasteiger partial charge in [-0.25, -0.2) is 4.79 Å². The molecule has 0 aliphatic rings. The van der Waals surface area contributed by atoms with Gasteiger partial charge >= 0.3 is 5.97 Å². The van der Waals surface area contributed by atoms with E-state index < -0.39 is 5.97 Å². The van der Waals surface area contributed by atoms with Gasteiger partial charge in [-0.2, -0.15) is 0 Å². The number of benzene rings is 2. The van der Waals surface area contributed by atoms with Crippen LogP contribution < -0.4 is 14.8 Å². The van der Waals surface area contributed by atoms with E-state index in [1.165, 1.54) is 11.3 Å². The SMILES string of the molecule is CCOC(=O)c1c(NC(=O)COc2cccc(OC)c2)sc2ccccc12. The molecule has 0 fully saturated rings. The first kappa shape index (κ1) is 18.7. The van der Waals surface area contributed by atoms with Crippen LogP contribution in [0, 0.1) is 0 Å². The van der Waals surface area contributed by atoms with E-state index in [1.807, 2.05) is 24.3 Å². The number of nitrogens with one attached hydrogen (secondary N) is 1. The van der Waals surface area contributed by atoms with Crippen molar-refractivity contribution in [2.24, 2.45) is 0 Å². The average Bonchev–Trinajstić information content (AvgIpc) is 3.04. The third kappa shape index (κ3) is 4.38.